The average molecular weight is 672 g/mol. The molecule has 12 heteroatoms. The second kappa shape index (κ2) is 16.6. The minimum Gasteiger partial charge on any atom is -0.466 e. The molecule has 0 aromatic heterocycles. The van der Waals surface area contributed by atoms with Gasteiger partial charge in [0.2, 0.25) is 5.91 Å². The van der Waals surface area contributed by atoms with E-state index in [0.29, 0.717) is 37.3 Å². The van der Waals surface area contributed by atoms with Crippen LogP contribution in [0.5, 0.6) is 0 Å². The molecule has 4 rings (SSSR count). The standard InChI is InChI=1S/C37H45N5O7/c1-25(29-13-8-11-26-10-6-7-12-30(26)29)38-35(46)31-24-28(41-20-9-21-42(23-22-41)36(47)49-37(2,3)4)16-14-27(31)15-17-32(43)39-40-33(44)18-19-34(45)48-5/h6-8,10-14,16,18-19,24-25H,9,15,17,20-23H2,1-5H3,(H,38,46)(H,39,43)(H,40,44)/b19-18+/t25-/m1/s1. The fourth-order valence-electron chi connectivity index (χ4n) is 5.55. The van der Waals surface area contributed by atoms with Crippen LogP contribution in [-0.2, 0) is 30.3 Å². The van der Waals surface area contributed by atoms with Crippen LogP contribution in [0.15, 0.2) is 72.8 Å². The third-order valence-corrected chi connectivity index (χ3v) is 8.01. The molecule has 0 spiro atoms. The van der Waals surface area contributed by atoms with Crippen molar-refractivity contribution in [3.8, 4) is 0 Å². The summed E-state index contributed by atoms with van der Waals surface area (Å²) in [6.07, 6.45) is 2.46. The Morgan fingerprint density at radius 1 is 0.898 bits per heavy atom. The number of methoxy groups -OCH3 is 1. The molecule has 12 nitrogen and oxygen atoms in total. The van der Waals surface area contributed by atoms with Gasteiger partial charge in [0, 0.05) is 56.0 Å². The van der Waals surface area contributed by atoms with Crippen molar-refractivity contribution in [2.24, 2.45) is 0 Å². The number of nitrogens with one attached hydrogen (secondary N) is 3. The molecule has 0 aliphatic carbocycles. The molecule has 0 unspecified atom stereocenters. The summed E-state index contributed by atoms with van der Waals surface area (Å²) in [5.74, 6) is -2.17. The Labute approximate surface area is 286 Å². The van der Waals surface area contributed by atoms with Crippen molar-refractivity contribution < 1.29 is 33.4 Å². The molecule has 1 saturated heterocycles. The van der Waals surface area contributed by atoms with Gasteiger partial charge < -0.3 is 24.6 Å². The SMILES string of the molecule is COC(=O)/C=C/C(=O)NNC(=O)CCc1ccc(N2CCCN(C(=O)OC(C)(C)C)CC2)cc1C(=O)N[C@H](C)c1cccc2ccccc12. The summed E-state index contributed by atoms with van der Waals surface area (Å²) in [4.78, 5) is 66.3. The second-order valence-electron chi connectivity index (χ2n) is 12.8. The van der Waals surface area contributed by atoms with Crippen LogP contribution in [0, 0.1) is 0 Å². The van der Waals surface area contributed by atoms with E-state index in [-0.39, 0.29) is 30.9 Å². The van der Waals surface area contributed by atoms with E-state index in [1.54, 1.807) is 4.90 Å². The molecule has 1 atom stereocenters. The first-order valence-corrected chi connectivity index (χ1v) is 16.3. The lowest BCUT2D eigenvalue weighted by Gasteiger charge is -2.27. The number of anilines is 1. The minimum atomic E-state index is -0.703. The monoisotopic (exact) mass is 671 g/mol. The molecule has 4 amide bonds. The normalized spacial score (nSPS) is 14.1. The Morgan fingerprint density at radius 2 is 1.65 bits per heavy atom. The highest BCUT2D eigenvalue weighted by Gasteiger charge is 2.25. The number of hydrazine groups is 1. The lowest BCUT2D eigenvalue weighted by molar-refractivity contribution is -0.135. The van der Waals surface area contributed by atoms with Crippen molar-refractivity contribution in [1.82, 2.24) is 21.1 Å². The zero-order valence-electron chi connectivity index (χ0n) is 28.7. The molecule has 1 fully saturated rings. The first kappa shape index (κ1) is 36.4. The summed E-state index contributed by atoms with van der Waals surface area (Å²) in [5.41, 5.74) is 6.84. The molecule has 49 heavy (non-hydrogen) atoms. The molecule has 3 aromatic carbocycles. The number of carbonyl (C=O) groups is 5. The Kier molecular flexibility index (Phi) is 12.4. The van der Waals surface area contributed by atoms with Gasteiger partial charge in [0.15, 0.2) is 0 Å². The van der Waals surface area contributed by atoms with Gasteiger partial charge in [0.1, 0.15) is 5.60 Å². The highest BCUT2D eigenvalue weighted by Crippen LogP contribution is 2.27. The summed E-state index contributed by atoms with van der Waals surface area (Å²) in [7, 11) is 1.19. The van der Waals surface area contributed by atoms with Gasteiger partial charge in [-0.2, -0.15) is 0 Å². The number of hydrogen-bond acceptors (Lipinski definition) is 8. The third-order valence-electron chi connectivity index (χ3n) is 8.01. The number of hydrogen-bond donors (Lipinski definition) is 3. The van der Waals surface area contributed by atoms with E-state index in [4.69, 9.17) is 4.74 Å². The number of rotatable bonds is 9. The number of benzene rings is 3. The van der Waals surface area contributed by atoms with E-state index in [2.05, 4.69) is 25.8 Å². The first-order valence-electron chi connectivity index (χ1n) is 16.3. The van der Waals surface area contributed by atoms with Gasteiger partial charge in [-0.25, -0.2) is 9.59 Å². The maximum absolute atomic E-state index is 14.0. The lowest BCUT2D eigenvalue weighted by Crippen LogP contribution is -2.41. The largest absolute Gasteiger partial charge is 0.466 e. The van der Waals surface area contributed by atoms with Gasteiger partial charge in [-0.1, -0.05) is 48.5 Å². The Hall–Kier alpha value is -5.39. The van der Waals surface area contributed by atoms with Gasteiger partial charge in [0.25, 0.3) is 11.8 Å². The maximum atomic E-state index is 14.0. The average Bonchev–Trinajstić information content (AvgIpc) is 3.34. The molecule has 1 aliphatic heterocycles. The number of fused-ring (bicyclic) bond motifs is 1. The Balaban J connectivity index is 1.52. The van der Waals surface area contributed by atoms with Gasteiger partial charge in [-0.3, -0.25) is 25.2 Å². The van der Waals surface area contributed by atoms with Crippen molar-refractivity contribution in [2.45, 2.75) is 58.6 Å². The molecule has 0 saturated carbocycles. The maximum Gasteiger partial charge on any atom is 0.410 e. The van der Waals surface area contributed by atoms with Crippen molar-refractivity contribution in [3.63, 3.8) is 0 Å². The molecular formula is C37H45N5O7. The van der Waals surface area contributed by atoms with Gasteiger partial charge >= 0.3 is 12.1 Å². The summed E-state index contributed by atoms with van der Waals surface area (Å²) in [5, 5.41) is 5.28. The predicted molar refractivity (Wildman–Crippen MR) is 187 cm³/mol. The number of amides is 4. The van der Waals surface area contributed by atoms with Crippen molar-refractivity contribution in [2.75, 3.05) is 38.2 Å². The van der Waals surface area contributed by atoms with E-state index in [1.165, 1.54) is 7.11 Å². The van der Waals surface area contributed by atoms with Gasteiger partial charge in [-0.05, 0) is 74.6 Å². The number of esters is 1. The molecule has 0 radical (unpaired) electrons. The molecule has 3 aromatic rings. The van der Waals surface area contributed by atoms with Crippen molar-refractivity contribution >= 4 is 46.2 Å². The summed E-state index contributed by atoms with van der Waals surface area (Å²) in [6, 6.07) is 19.3. The highest BCUT2D eigenvalue weighted by molar-refractivity contribution is 5.98. The second-order valence-corrected chi connectivity index (χ2v) is 12.8. The fourth-order valence-corrected chi connectivity index (χ4v) is 5.55. The van der Waals surface area contributed by atoms with Crippen LogP contribution in [-0.4, -0.2) is 73.6 Å². The highest BCUT2D eigenvalue weighted by atomic mass is 16.6. The minimum absolute atomic E-state index is 0.0198. The van der Waals surface area contributed by atoms with Crippen LogP contribution in [0.2, 0.25) is 0 Å². The van der Waals surface area contributed by atoms with Crippen LogP contribution >= 0.6 is 0 Å². The van der Waals surface area contributed by atoms with E-state index < -0.39 is 23.4 Å². The number of carbonyl (C=O) groups excluding carboxylic acids is 5. The summed E-state index contributed by atoms with van der Waals surface area (Å²) >= 11 is 0. The van der Waals surface area contributed by atoms with Crippen LogP contribution in [0.3, 0.4) is 0 Å². The van der Waals surface area contributed by atoms with E-state index >= 15 is 0 Å². The topological polar surface area (TPSA) is 146 Å². The predicted octanol–water partition coefficient (Wildman–Crippen LogP) is 4.59. The number of nitrogens with zero attached hydrogens (tertiary/aromatic N) is 2. The quantitative estimate of drug-likeness (QED) is 0.170. The van der Waals surface area contributed by atoms with E-state index in [9.17, 15) is 24.0 Å². The molecule has 260 valence electrons. The fraction of sp³-hybridized carbons (Fsp3) is 0.378. The smallest absolute Gasteiger partial charge is 0.410 e. The third kappa shape index (κ3) is 10.6. The lowest BCUT2D eigenvalue weighted by atomic mass is 9.98. The van der Waals surface area contributed by atoms with Crippen molar-refractivity contribution in [3.05, 3.63) is 89.5 Å². The van der Waals surface area contributed by atoms with Gasteiger partial charge in [0.05, 0.1) is 13.2 Å². The molecule has 1 heterocycles. The number of ether oxygens (including phenoxy) is 2. The van der Waals surface area contributed by atoms with Crippen LogP contribution in [0.1, 0.15) is 68.1 Å². The summed E-state index contributed by atoms with van der Waals surface area (Å²) in [6.45, 7) is 9.73. The Morgan fingerprint density at radius 3 is 2.41 bits per heavy atom. The van der Waals surface area contributed by atoms with Crippen LogP contribution in [0.4, 0.5) is 10.5 Å². The molecule has 0 bridgehead atoms. The van der Waals surface area contributed by atoms with Crippen LogP contribution in [0.25, 0.3) is 10.8 Å². The van der Waals surface area contributed by atoms with Crippen molar-refractivity contribution in [1.29, 1.82) is 0 Å². The van der Waals surface area contributed by atoms with E-state index in [1.807, 2.05) is 88.4 Å². The molecular weight excluding hydrogens is 626 g/mol. The van der Waals surface area contributed by atoms with Gasteiger partial charge in [-0.15, -0.1) is 0 Å². The Bertz CT molecular complexity index is 1710. The summed E-state index contributed by atoms with van der Waals surface area (Å²) < 4.78 is 10.0. The van der Waals surface area contributed by atoms with E-state index in [0.717, 1.165) is 40.6 Å². The zero-order valence-corrected chi connectivity index (χ0v) is 28.7. The number of aryl methyl sites for hydroxylation is 1. The molecule has 3 N–H and O–H groups in total. The molecule has 1 aliphatic rings. The zero-order chi connectivity index (χ0) is 35.6. The first-order chi connectivity index (χ1) is 23.3. The van der Waals surface area contributed by atoms with Crippen LogP contribution < -0.4 is 21.1 Å².